The monoisotopic (exact) mass is 377 g/mol. The second kappa shape index (κ2) is 13.1. The third-order valence-electron chi connectivity index (χ3n) is 3.99. The number of aliphatic hydroxyl groups is 1. The summed E-state index contributed by atoms with van der Waals surface area (Å²) in [7, 11) is 0. The van der Waals surface area contributed by atoms with Gasteiger partial charge in [-0.1, -0.05) is 19.9 Å². The summed E-state index contributed by atoms with van der Waals surface area (Å²) < 4.78 is 0. The second-order valence-electron chi connectivity index (χ2n) is 7.12. The summed E-state index contributed by atoms with van der Waals surface area (Å²) in [6.45, 7) is 10.3. The molecule has 152 valence electrons. The van der Waals surface area contributed by atoms with Gasteiger partial charge in [-0.15, -0.1) is 0 Å². The maximum Gasteiger partial charge on any atom is 0.227 e. The number of aromatic nitrogens is 1. The minimum atomic E-state index is -0.0885. The smallest absolute Gasteiger partial charge is 0.227 e. The van der Waals surface area contributed by atoms with Gasteiger partial charge in [-0.3, -0.25) is 9.79 Å². The molecule has 27 heavy (non-hydrogen) atoms. The Bertz CT molecular complexity index is 589. The third kappa shape index (κ3) is 10.6. The molecular weight excluding hydrogens is 342 g/mol. The van der Waals surface area contributed by atoms with Crippen molar-refractivity contribution in [3.63, 3.8) is 0 Å². The van der Waals surface area contributed by atoms with Crippen LogP contribution in [0.3, 0.4) is 0 Å². The van der Waals surface area contributed by atoms with Crippen molar-refractivity contribution in [3.8, 4) is 0 Å². The van der Waals surface area contributed by atoms with Crippen LogP contribution < -0.4 is 16.0 Å². The summed E-state index contributed by atoms with van der Waals surface area (Å²) in [6.07, 6.45) is 2.12. The molecule has 0 bridgehead atoms. The fraction of sp³-hybridized carbons (Fsp3) is 0.650. The fourth-order valence-electron chi connectivity index (χ4n) is 2.81. The molecule has 1 atom stereocenters. The molecule has 1 rings (SSSR count). The lowest BCUT2D eigenvalue weighted by Gasteiger charge is -2.17. The van der Waals surface area contributed by atoms with Gasteiger partial charge >= 0.3 is 0 Å². The molecule has 7 heteroatoms. The molecule has 7 nitrogen and oxygen atoms in total. The van der Waals surface area contributed by atoms with Gasteiger partial charge in [0.15, 0.2) is 5.96 Å². The SMILES string of the molecule is CCNC(=NCC(CCO)CC(C)C)NCCC(=O)Nc1cccc(C)n1. The maximum absolute atomic E-state index is 12.1. The van der Waals surface area contributed by atoms with E-state index >= 15 is 0 Å². The summed E-state index contributed by atoms with van der Waals surface area (Å²) in [5.74, 6) is 2.12. The number of aliphatic imine (C=N–C) groups is 1. The van der Waals surface area contributed by atoms with Crippen LogP contribution in [0.2, 0.25) is 0 Å². The van der Waals surface area contributed by atoms with Crippen LogP contribution >= 0.6 is 0 Å². The van der Waals surface area contributed by atoms with Crippen molar-refractivity contribution >= 4 is 17.7 Å². The zero-order valence-electron chi connectivity index (χ0n) is 17.1. The van der Waals surface area contributed by atoms with Crippen LogP contribution in [-0.2, 0) is 4.79 Å². The van der Waals surface area contributed by atoms with Crippen molar-refractivity contribution in [2.45, 2.75) is 47.0 Å². The average Bonchev–Trinajstić information content (AvgIpc) is 2.59. The number of amides is 1. The first-order valence-electron chi connectivity index (χ1n) is 9.81. The molecule has 0 saturated carbocycles. The zero-order valence-corrected chi connectivity index (χ0v) is 17.1. The van der Waals surface area contributed by atoms with Crippen molar-refractivity contribution in [2.24, 2.45) is 16.8 Å². The number of guanidine groups is 1. The summed E-state index contributed by atoms with van der Waals surface area (Å²) in [5, 5.41) is 18.4. The van der Waals surface area contributed by atoms with Crippen molar-refractivity contribution in [1.29, 1.82) is 0 Å². The highest BCUT2D eigenvalue weighted by molar-refractivity contribution is 5.90. The topological polar surface area (TPSA) is 98.6 Å². The molecule has 1 heterocycles. The maximum atomic E-state index is 12.1. The third-order valence-corrected chi connectivity index (χ3v) is 3.99. The lowest BCUT2D eigenvalue weighted by atomic mass is 9.94. The van der Waals surface area contributed by atoms with Crippen molar-refractivity contribution in [1.82, 2.24) is 15.6 Å². The highest BCUT2D eigenvalue weighted by Gasteiger charge is 2.11. The molecule has 0 aliphatic rings. The summed E-state index contributed by atoms with van der Waals surface area (Å²) in [6, 6.07) is 5.53. The van der Waals surface area contributed by atoms with E-state index in [1.54, 1.807) is 6.07 Å². The molecule has 1 aromatic rings. The van der Waals surface area contributed by atoms with E-state index in [2.05, 4.69) is 39.8 Å². The molecule has 0 saturated heterocycles. The van der Waals surface area contributed by atoms with Gasteiger partial charge in [0.25, 0.3) is 0 Å². The number of anilines is 1. The minimum absolute atomic E-state index is 0.0885. The first-order valence-corrected chi connectivity index (χ1v) is 9.81. The van der Waals surface area contributed by atoms with Gasteiger partial charge < -0.3 is 21.1 Å². The Kier molecular flexibility index (Phi) is 11.1. The van der Waals surface area contributed by atoms with Crippen LogP contribution in [0, 0.1) is 18.8 Å². The Morgan fingerprint density at radius 1 is 1.30 bits per heavy atom. The van der Waals surface area contributed by atoms with E-state index < -0.39 is 0 Å². The van der Waals surface area contributed by atoms with Crippen LogP contribution in [0.25, 0.3) is 0 Å². The average molecular weight is 378 g/mol. The zero-order chi connectivity index (χ0) is 20.1. The number of carbonyl (C=O) groups excluding carboxylic acids is 1. The normalized spacial score (nSPS) is 12.7. The number of nitrogens with zero attached hydrogens (tertiary/aromatic N) is 2. The lowest BCUT2D eigenvalue weighted by molar-refractivity contribution is -0.116. The van der Waals surface area contributed by atoms with Gasteiger partial charge in [-0.25, -0.2) is 4.98 Å². The predicted octanol–water partition coefficient (Wildman–Crippen LogP) is 2.32. The number of carbonyl (C=O) groups is 1. The van der Waals surface area contributed by atoms with Gasteiger partial charge in [-0.05, 0) is 50.7 Å². The molecule has 1 amide bonds. The number of pyridine rings is 1. The van der Waals surface area contributed by atoms with Crippen LogP contribution in [0.15, 0.2) is 23.2 Å². The highest BCUT2D eigenvalue weighted by atomic mass is 16.3. The molecule has 0 aromatic carbocycles. The molecule has 0 aliphatic heterocycles. The number of hydrogen-bond donors (Lipinski definition) is 4. The summed E-state index contributed by atoms with van der Waals surface area (Å²) >= 11 is 0. The Morgan fingerprint density at radius 3 is 2.70 bits per heavy atom. The van der Waals surface area contributed by atoms with E-state index in [-0.39, 0.29) is 12.5 Å². The highest BCUT2D eigenvalue weighted by Crippen LogP contribution is 2.15. The number of aryl methyl sites for hydroxylation is 1. The van der Waals surface area contributed by atoms with E-state index in [0.29, 0.717) is 43.1 Å². The van der Waals surface area contributed by atoms with Gasteiger partial charge in [0.1, 0.15) is 5.82 Å². The van der Waals surface area contributed by atoms with E-state index in [4.69, 9.17) is 0 Å². The van der Waals surface area contributed by atoms with Gasteiger partial charge in [0.2, 0.25) is 5.91 Å². The molecule has 0 aliphatic carbocycles. The number of hydrogen-bond acceptors (Lipinski definition) is 4. The largest absolute Gasteiger partial charge is 0.396 e. The first kappa shape index (κ1) is 22.9. The fourth-order valence-corrected chi connectivity index (χ4v) is 2.81. The van der Waals surface area contributed by atoms with Crippen LogP contribution in [-0.4, -0.2) is 48.2 Å². The van der Waals surface area contributed by atoms with Crippen LogP contribution in [0.1, 0.15) is 45.7 Å². The Hall–Kier alpha value is -2.15. The molecule has 0 spiro atoms. The van der Waals surface area contributed by atoms with Gasteiger partial charge in [0, 0.05) is 38.4 Å². The van der Waals surface area contributed by atoms with Crippen LogP contribution in [0.5, 0.6) is 0 Å². The standard InChI is InChI=1S/C20H35N5O2/c1-5-21-20(23-14-17(10-12-26)13-15(2)3)22-11-9-19(27)25-18-8-6-7-16(4)24-18/h6-8,15,17,26H,5,9-14H2,1-4H3,(H2,21,22,23)(H,24,25,27). The molecule has 1 aromatic heterocycles. The van der Waals surface area contributed by atoms with Crippen molar-refractivity contribution in [3.05, 3.63) is 23.9 Å². The van der Waals surface area contributed by atoms with E-state index in [9.17, 15) is 9.90 Å². The summed E-state index contributed by atoms with van der Waals surface area (Å²) in [5.41, 5.74) is 0.867. The Labute approximate surface area is 163 Å². The van der Waals surface area contributed by atoms with Crippen molar-refractivity contribution < 1.29 is 9.90 Å². The molecule has 4 N–H and O–H groups in total. The first-order chi connectivity index (χ1) is 12.9. The lowest BCUT2D eigenvalue weighted by Crippen LogP contribution is -2.39. The van der Waals surface area contributed by atoms with E-state index in [1.165, 1.54) is 0 Å². The second-order valence-corrected chi connectivity index (χ2v) is 7.12. The predicted molar refractivity (Wildman–Crippen MR) is 111 cm³/mol. The number of aliphatic hydroxyl groups excluding tert-OH is 1. The molecule has 0 radical (unpaired) electrons. The van der Waals surface area contributed by atoms with Gasteiger partial charge in [-0.2, -0.15) is 0 Å². The van der Waals surface area contributed by atoms with Crippen molar-refractivity contribution in [2.75, 3.05) is 31.6 Å². The number of rotatable bonds is 11. The molecule has 0 fully saturated rings. The van der Waals surface area contributed by atoms with Crippen LogP contribution in [0.4, 0.5) is 5.82 Å². The van der Waals surface area contributed by atoms with E-state index in [0.717, 1.165) is 25.1 Å². The van der Waals surface area contributed by atoms with Gasteiger partial charge in [0.05, 0.1) is 0 Å². The van der Waals surface area contributed by atoms with E-state index in [1.807, 2.05) is 26.0 Å². The quantitative estimate of drug-likeness (QED) is 0.350. The number of nitrogens with one attached hydrogen (secondary N) is 3. The molecule has 1 unspecified atom stereocenters. The minimum Gasteiger partial charge on any atom is -0.396 e. The Balaban J connectivity index is 2.47. The Morgan fingerprint density at radius 2 is 2.07 bits per heavy atom. The summed E-state index contributed by atoms with van der Waals surface area (Å²) in [4.78, 5) is 20.9. The molecular formula is C20H35N5O2.